The summed E-state index contributed by atoms with van der Waals surface area (Å²) in [6.45, 7) is 1.90. The fourth-order valence-corrected chi connectivity index (χ4v) is 4.94. The Bertz CT molecular complexity index is 958. The third kappa shape index (κ3) is 4.64. The average molecular weight is 425 g/mol. The van der Waals surface area contributed by atoms with Crippen LogP contribution in [0.2, 0.25) is 0 Å². The van der Waals surface area contributed by atoms with E-state index in [9.17, 15) is 14.0 Å². The summed E-state index contributed by atoms with van der Waals surface area (Å²) < 4.78 is 18.7. The molecule has 0 aromatic heterocycles. The number of ketones is 1. The fraction of sp³-hybridized carbons (Fsp3) is 0.440. The summed E-state index contributed by atoms with van der Waals surface area (Å²) in [6.07, 6.45) is 3.91. The summed E-state index contributed by atoms with van der Waals surface area (Å²) in [6, 6.07) is 12.3. The highest BCUT2D eigenvalue weighted by Crippen LogP contribution is 2.44. The molecule has 4 rings (SSSR count). The molecule has 0 saturated carbocycles. The van der Waals surface area contributed by atoms with Crippen molar-refractivity contribution in [3.8, 4) is 5.75 Å². The predicted octanol–water partition coefficient (Wildman–Crippen LogP) is 4.65. The van der Waals surface area contributed by atoms with E-state index in [1.807, 2.05) is 12.1 Å². The molecule has 2 aliphatic rings. The van der Waals surface area contributed by atoms with Gasteiger partial charge in [-0.1, -0.05) is 12.1 Å². The summed E-state index contributed by atoms with van der Waals surface area (Å²) in [7, 11) is 3.37. The number of fused-ring (bicyclic) bond motifs is 3. The number of carbonyl (C=O) groups excluding carboxylic acids is 2. The molecule has 2 unspecified atom stereocenters. The number of carbonyl (C=O) groups is 2. The molecule has 0 spiro atoms. The number of benzene rings is 2. The van der Waals surface area contributed by atoms with E-state index in [2.05, 4.69) is 11.0 Å². The lowest BCUT2D eigenvalue weighted by Gasteiger charge is -2.34. The number of nitrogens with zero attached hydrogens (tertiary/aromatic N) is 2. The van der Waals surface area contributed by atoms with Gasteiger partial charge in [0.15, 0.2) is 5.78 Å². The third-order valence-corrected chi connectivity index (χ3v) is 6.50. The largest absolute Gasteiger partial charge is 0.414 e. The summed E-state index contributed by atoms with van der Waals surface area (Å²) >= 11 is 0. The van der Waals surface area contributed by atoms with Crippen molar-refractivity contribution in [2.75, 3.05) is 27.2 Å². The fourth-order valence-electron chi connectivity index (χ4n) is 4.94. The van der Waals surface area contributed by atoms with E-state index in [1.54, 1.807) is 26.2 Å². The topological polar surface area (TPSA) is 49.9 Å². The summed E-state index contributed by atoms with van der Waals surface area (Å²) in [5, 5.41) is 0. The zero-order chi connectivity index (χ0) is 22.0. The zero-order valence-corrected chi connectivity index (χ0v) is 18.1. The molecule has 0 bridgehead atoms. The van der Waals surface area contributed by atoms with Crippen molar-refractivity contribution in [2.24, 2.45) is 0 Å². The molecule has 2 aromatic rings. The van der Waals surface area contributed by atoms with Gasteiger partial charge in [-0.05, 0) is 80.2 Å². The van der Waals surface area contributed by atoms with Crippen molar-refractivity contribution < 1.29 is 18.7 Å². The third-order valence-electron chi connectivity index (χ3n) is 6.50. The Balaban J connectivity index is 1.37. The van der Waals surface area contributed by atoms with Crippen molar-refractivity contribution >= 4 is 11.9 Å². The van der Waals surface area contributed by atoms with Crippen LogP contribution in [0.5, 0.6) is 5.75 Å². The average Bonchev–Trinajstić information content (AvgIpc) is 3.17. The Morgan fingerprint density at radius 1 is 1.13 bits per heavy atom. The van der Waals surface area contributed by atoms with Crippen LogP contribution in [0.4, 0.5) is 9.18 Å². The smallest absolute Gasteiger partial charge is 0.410 e. The van der Waals surface area contributed by atoms with Gasteiger partial charge in [0.1, 0.15) is 11.6 Å². The molecule has 1 saturated heterocycles. The van der Waals surface area contributed by atoms with Crippen molar-refractivity contribution in [2.45, 2.75) is 44.1 Å². The van der Waals surface area contributed by atoms with Gasteiger partial charge in [0.05, 0.1) is 0 Å². The Hall–Kier alpha value is -2.73. The summed E-state index contributed by atoms with van der Waals surface area (Å²) in [4.78, 5) is 28.3. The molecule has 0 N–H and O–H groups in total. The van der Waals surface area contributed by atoms with Crippen LogP contribution in [0.1, 0.15) is 53.1 Å². The van der Waals surface area contributed by atoms with Crippen molar-refractivity contribution in [3.05, 3.63) is 65.0 Å². The number of hydrogen-bond donors (Lipinski definition) is 0. The maximum absolute atomic E-state index is 13.0. The van der Waals surface area contributed by atoms with Gasteiger partial charge in [0, 0.05) is 38.0 Å². The number of Topliss-reactive ketones (excluding diaryl/α,β-unsaturated/α-hetero) is 1. The molecule has 31 heavy (non-hydrogen) atoms. The van der Waals surface area contributed by atoms with Gasteiger partial charge in [-0.25, -0.2) is 9.18 Å². The molecular formula is C25H29FN2O3. The highest BCUT2D eigenvalue weighted by molar-refractivity contribution is 5.95. The highest BCUT2D eigenvalue weighted by Gasteiger charge is 2.39. The molecule has 1 fully saturated rings. The number of halogens is 1. The predicted molar refractivity (Wildman–Crippen MR) is 117 cm³/mol. The van der Waals surface area contributed by atoms with E-state index in [1.165, 1.54) is 22.6 Å². The number of rotatable bonds is 6. The minimum Gasteiger partial charge on any atom is -0.410 e. The van der Waals surface area contributed by atoms with Crippen LogP contribution in [-0.4, -0.2) is 54.9 Å². The Morgan fingerprint density at radius 3 is 2.65 bits per heavy atom. The maximum atomic E-state index is 13.0. The van der Waals surface area contributed by atoms with Gasteiger partial charge in [-0.2, -0.15) is 0 Å². The quantitative estimate of drug-likeness (QED) is 0.633. The first kappa shape index (κ1) is 21.5. The molecule has 164 valence electrons. The van der Waals surface area contributed by atoms with Crippen LogP contribution in [0.25, 0.3) is 0 Å². The maximum Gasteiger partial charge on any atom is 0.414 e. The van der Waals surface area contributed by atoms with E-state index in [0.717, 1.165) is 44.3 Å². The van der Waals surface area contributed by atoms with Gasteiger partial charge < -0.3 is 9.64 Å². The van der Waals surface area contributed by atoms with Gasteiger partial charge in [-0.3, -0.25) is 9.69 Å². The van der Waals surface area contributed by atoms with E-state index in [0.29, 0.717) is 29.7 Å². The summed E-state index contributed by atoms with van der Waals surface area (Å²) in [5.74, 6) is 0.863. The second-order valence-corrected chi connectivity index (χ2v) is 8.66. The van der Waals surface area contributed by atoms with Gasteiger partial charge in [0.2, 0.25) is 0 Å². The molecule has 5 nitrogen and oxygen atoms in total. The lowest BCUT2D eigenvalue weighted by molar-refractivity contribution is 0.0972. The summed E-state index contributed by atoms with van der Waals surface area (Å²) in [5.41, 5.74) is 3.03. The first-order valence-electron chi connectivity index (χ1n) is 11.0. The van der Waals surface area contributed by atoms with E-state index in [4.69, 9.17) is 4.74 Å². The van der Waals surface area contributed by atoms with Crippen LogP contribution in [0.15, 0.2) is 42.5 Å². The molecule has 1 heterocycles. The molecule has 1 aliphatic carbocycles. The Kier molecular flexibility index (Phi) is 6.37. The minimum atomic E-state index is -0.352. The molecule has 0 radical (unpaired) electrons. The number of likely N-dealkylation sites (tertiary alicyclic amines) is 1. The molecule has 2 atom stereocenters. The monoisotopic (exact) mass is 424 g/mol. The van der Waals surface area contributed by atoms with Crippen molar-refractivity contribution in [1.29, 1.82) is 0 Å². The van der Waals surface area contributed by atoms with Crippen molar-refractivity contribution in [3.63, 3.8) is 0 Å². The van der Waals surface area contributed by atoms with E-state index >= 15 is 0 Å². The molecule has 1 amide bonds. The lowest BCUT2D eigenvalue weighted by atomic mass is 9.79. The Labute approximate surface area is 182 Å². The van der Waals surface area contributed by atoms with Gasteiger partial charge in [-0.15, -0.1) is 0 Å². The normalized spacial score (nSPS) is 20.1. The second-order valence-electron chi connectivity index (χ2n) is 8.66. The zero-order valence-electron chi connectivity index (χ0n) is 18.1. The number of hydrogen-bond acceptors (Lipinski definition) is 4. The van der Waals surface area contributed by atoms with Crippen LogP contribution >= 0.6 is 0 Å². The first-order chi connectivity index (χ1) is 14.9. The minimum absolute atomic E-state index is 0.0667. The second kappa shape index (κ2) is 9.18. The number of amides is 1. The SMILES string of the molecule is CN(C)C(=O)Oc1cccc2c1CCC1C2CCN1CCCC(=O)c1ccc(F)cc1. The highest BCUT2D eigenvalue weighted by atomic mass is 19.1. The lowest BCUT2D eigenvalue weighted by Crippen LogP contribution is -2.36. The van der Waals surface area contributed by atoms with Crippen LogP contribution in [0, 0.1) is 5.82 Å². The van der Waals surface area contributed by atoms with Gasteiger partial charge >= 0.3 is 6.09 Å². The van der Waals surface area contributed by atoms with Crippen LogP contribution < -0.4 is 4.74 Å². The Morgan fingerprint density at radius 2 is 1.90 bits per heavy atom. The molecular weight excluding hydrogens is 395 g/mol. The van der Waals surface area contributed by atoms with Crippen LogP contribution in [-0.2, 0) is 6.42 Å². The van der Waals surface area contributed by atoms with E-state index < -0.39 is 0 Å². The first-order valence-corrected chi connectivity index (χ1v) is 11.0. The van der Waals surface area contributed by atoms with Crippen molar-refractivity contribution in [1.82, 2.24) is 9.80 Å². The van der Waals surface area contributed by atoms with Crippen LogP contribution in [0.3, 0.4) is 0 Å². The van der Waals surface area contributed by atoms with Gasteiger partial charge in [0.25, 0.3) is 0 Å². The number of ether oxygens (including phenoxy) is 1. The van der Waals surface area contributed by atoms with E-state index in [-0.39, 0.29) is 17.7 Å². The molecule has 2 aromatic carbocycles. The molecule has 6 heteroatoms. The molecule has 1 aliphatic heterocycles. The standard InChI is InChI=1S/C25H29FN2O3/c1-27(2)25(30)31-24-7-3-5-19-20-14-16-28(22(20)13-12-21(19)24)15-4-6-23(29)17-8-10-18(26)11-9-17/h3,5,7-11,20,22H,4,6,12-16H2,1-2H3.